The van der Waals surface area contributed by atoms with E-state index in [0.29, 0.717) is 28.2 Å². The van der Waals surface area contributed by atoms with Crippen LogP contribution in [0.3, 0.4) is 0 Å². The fourth-order valence-electron chi connectivity index (χ4n) is 4.00. The van der Waals surface area contributed by atoms with Crippen molar-refractivity contribution >= 4 is 50.2 Å². The van der Waals surface area contributed by atoms with E-state index >= 15 is 0 Å². The normalized spacial score (nSPS) is 19.5. The highest BCUT2D eigenvalue weighted by molar-refractivity contribution is 7.91. The Balaban J connectivity index is 1.72. The maximum atomic E-state index is 13.3. The van der Waals surface area contributed by atoms with Gasteiger partial charge in [0.25, 0.3) is 10.0 Å². The van der Waals surface area contributed by atoms with E-state index in [1.54, 1.807) is 35.7 Å². The van der Waals surface area contributed by atoms with Crippen LogP contribution in [0.4, 0.5) is 18.9 Å². The van der Waals surface area contributed by atoms with Gasteiger partial charge in [0.1, 0.15) is 4.21 Å². The van der Waals surface area contributed by atoms with Gasteiger partial charge in [0.2, 0.25) is 0 Å². The van der Waals surface area contributed by atoms with Crippen molar-refractivity contribution in [2.24, 2.45) is 0 Å². The lowest BCUT2D eigenvalue weighted by Crippen LogP contribution is -2.50. The molecule has 5 nitrogen and oxygen atoms in total. The van der Waals surface area contributed by atoms with Crippen LogP contribution in [0.2, 0.25) is 10.0 Å². The first-order valence-electron chi connectivity index (χ1n) is 10.5. The average Bonchev–Trinajstić information content (AvgIpc) is 3.36. The van der Waals surface area contributed by atoms with Gasteiger partial charge in [0.05, 0.1) is 6.04 Å². The Hall–Kier alpha value is -1.82. The summed E-state index contributed by atoms with van der Waals surface area (Å²) >= 11 is 13.8. The van der Waals surface area contributed by atoms with Gasteiger partial charge in [-0.25, -0.2) is 8.42 Å². The number of halogens is 5. The van der Waals surface area contributed by atoms with Crippen LogP contribution in [0.15, 0.2) is 64.2 Å². The fraction of sp³-hybridized carbons (Fsp3) is 0.304. The molecule has 0 saturated carbocycles. The Kier molecular flexibility index (Phi) is 7.18. The molecule has 1 saturated heterocycles. The molecule has 0 unspecified atom stereocenters. The SMILES string of the molecule is C[C@@](O)(c1ccc(N2CCN(S(=O)(=O)c3cccs3)C[C@@H]2c2cc(Cl)ccc2Cl)cc1)C(F)(F)F. The van der Waals surface area contributed by atoms with E-state index in [2.05, 4.69) is 0 Å². The van der Waals surface area contributed by atoms with E-state index < -0.39 is 27.8 Å². The van der Waals surface area contributed by atoms with Crippen molar-refractivity contribution in [3.8, 4) is 0 Å². The number of hydrogen-bond donors (Lipinski definition) is 1. The fourth-order valence-corrected chi connectivity index (χ4v) is 7.01. The minimum absolute atomic E-state index is 0.0579. The van der Waals surface area contributed by atoms with E-state index in [9.17, 15) is 26.7 Å². The molecule has 4 rings (SSSR count). The van der Waals surface area contributed by atoms with E-state index in [4.69, 9.17) is 23.2 Å². The van der Waals surface area contributed by atoms with Crippen molar-refractivity contribution in [2.45, 2.75) is 29.0 Å². The standard InChI is InChI=1S/C23H21Cl2F3N2O3S2/c1-22(31,23(26,27)28)15-4-7-17(8-5-15)30-11-10-29(35(32,33)21-3-2-12-34-21)14-20(30)18-13-16(24)6-9-19(18)25/h2-9,12-13,20,31H,10-11,14H2,1H3/t20-,22-/m1/s1. The molecule has 2 aromatic carbocycles. The summed E-state index contributed by atoms with van der Waals surface area (Å²) in [5.74, 6) is 0. The first-order valence-corrected chi connectivity index (χ1v) is 13.5. The molecule has 2 atom stereocenters. The summed E-state index contributed by atoms with van der Waals surface area (Å²) in [7, 11) is -3.74. The number of nitrogens with zero attached hydrogens (tertiary/aromatic N) is 2. The average molecular weight is 565 g/mol. The van der Waals surface area contributed by atoms with Crippen LogP contribution >= 0.6 is 34.5 Å². The molecule has 0 radical (unpaired) electrons. The zero-order valence-corrected chi connectivity index (χ0v) is 21.5. The lowest BCUT2D eigenvalue weighted by Gasteiger charge is -2.42. The summed E-state index contributed by atoms with van der Waals surface area (Å²) in [6.07, 6.45) is -4.84. The van der Waals surface area contributed by atoms with E-state index in [0.717, 1.165) is 11.3 Å². The van der Waals surface area contributed by atoms with Gasteiger partial charge in [-0.1, -0.05) is 41.4 Å². The first-order chi connectivity index (χ1) is 16.3. The quantitative estimate of drug-likeness (QED) is 0.408. The van der Waals surface area contributed by atoms with Gasteiger partial charge in [0, 0.05) is 35.4 Å². The molecule has 188 valence electrons. The second-order valence-electron chi connectivity index (χ2n) is 8.29. The molecular formula is C23H21Cl2F3N2O3S2. The highest BCUT2D eigenvalue weighted by Gasteiger charge is 2.51. The summed E-state index contributed by atoms with van der Waals surface area (Å²) in [6.45, 7) is 1.18. The third-order valence-electron chi connectivity index (χ3n) is 6.06. The van der Waals surface area contributed by atoms with Crippen molar-refractivity contribution in [3.63, 3.8) is 0 Å². The monoisotopic (exact) mass is 564 g/mol. The van der Waals surface area contributed by atoms with E-state index in [-0.39, 0.29) is 29.4 Å². The lowest BCUT2D eigenvalue weighted by atomic mass is 9.94. The van der Waals surface area contributed by atoms with Crippen LogP contribution in [0, 0.1) is 0 Å². The number of aliphatic hydroxyl groups is 1. The van der Waals surface area contributed by atoms with Crippen LogP contribution in [-0.2, 0) is 15.6 Å². The second kappa shape index (κ2) is 9.57. The van der Waals surface area contributed by atoms with Gasteiger partial charge in [-0.2, -0.15) is 17.5 Å². The van der Waals surface area contributed by atoms with Crippen molar-refractivity contribution in [1.29, 1.82) is 0 Å². The van der Waals surface area contributed by atoms with Crippen LogP contribution in [0.25, 0.3) is 0 Å². The van der Waals surface area contributed by atoms with Gasteiger partial charge in [-0.05, 0) is 59.8 Å². The van der Waals surface area contributed by atoms with E-state index in [1.807, 2.05) is 4.90 Å². The van der Waals surface area contributed by atoms with Crippen molar-refractivity contribution in [2.75, 3.05) is 24.5 Å². The number of anilines is 1. The summed E-state index contributed by atoms with van der Waals surface area (Å²) in [4.78, 5) is 1.88. The number of hydrogen-bond acceptors (Lipinski definition) is 5. The Labute approximate surface area is 215 Å². The maximum Gasteiger partial charge on any atom is 0.421 e. The molecular weight excluding hydrogens is 544 g/mol. The molecule has 2 heterocycles. The number of rotatable bonds is 5. The molecule has 1 aliphatic rings. The smallest absolute Gasteiger partial charge is 0.376 e. The van der Waals surface area contributed by atoms with Crippen LogP contribution in [0.1, 0.15) is 24.1 Å². The van der Waals surface area contributed by atoms with E-state index in [1.165, 1.54) is 28.6 Å². The predicted octanol–water partition coefficient (Wildman–Crippen LogP) is 6.08. The molecule has 35 heavy (non-hydrogen) atoms. The van der Waals surface area contributed by atoms with Gasteiger partial charge in [0.15, 0.2) is 5.60 Å². The Morgan fingerprint density at radius 1 is 1.06 bits per heavy atom. The number of thiophene rings is 1. The molecule has 3 aromatic rings. The number of piperazine rings is 1. The summed E-state index contributed by atoms with van der Waals surface area (Å²) < 4.78 is 67.8. The van der Waals surface area contributed by atoms with Crippen molar-refractivity contribution < 1.29 is 26.7 Å². The highest BCUT2D eigenvalue weighted by Crippen LogP contribution is 2.41. The molecule has 1 aromatic heterocycles. The summed E-state index contributed by atoms with van der Waals surface area (Å²) in [5.41, 5.74) is -2.16. The maximum absolute atomic E-state index is 13.3. The minimum atomic E-state index is -4.84. The molecule has 0 aliphatic carbocycles. The van der Waals surface area contributed by atoms with Gasteiger partial charge < -0.3 is 10.0 Å². The number of sulfonamides is 1. The first kappa shape index (κ1) is 26.2. The Morgan fingerprint density at radius 3 is 2.34 bits per heavy atom. The molecule has 12 heteroatoms. The minimum Gasteiger partial charge on any atom is -0.376 e. The molecule has 0 bridgehead atoms. The molecule has 1 fully saturated rings. The predicted molar refractivity (Wildman–Crippen MR) is 132 cm³/mol. The third-order valence-corrected chi connectivity index (χ3v) is 9.88. The van der Waals surface area contributed by atoms with Crippen LogP contribution in [-0.4, -0.2) is 43.6 Å². The zero-order valence-electron chi connectivity index (χ0n) is 18.3. The zero-order chi connectivity index (χ0) is 25.6. The topological polar surface area (TPSA) is 60.9 Å². The third kappa shape index (κ3) is 5.05. The van der Waals surface area contributed by atoms with Crippen molar-refractivity contribution in [1.82, 2.24) is 4.31 Å². The van der Waals surface area contributed by atoms with Gasteiger partial charge in [-0.3, -0.25) is 0 Å². The summed E-state index contributed by atoms with van der Waals surface area (Å²) in [6, 6.07) is 12.9. The lowest BCUT2D eigenvalue weighted by molar-refractivity contribution is -0.258. The largest absolute Gasteiger partial charge is 0.421 e. The van der Waals surface area contributed by atoms with Crippen molar-refractivity contribution in [3.05, 3.63) is 81.1 Å². The van der Waals surface area contributed by atoms with Crippen LogP contribution in [0.5, 0.6) is 0 Å². The molecule has 0 spiro atoms. The second-order valence-corrected chi connectivity index (χ2v) is 12.2. The van der Waals surface area contributed by atoms with Crippen LogP contribution < -0.4 is 4.90 Å². The molecule has 0 amide bonds. The Bertz CT molecular complexity index is 1300. The summed E-state index contributed by atoms with van der Waals surface area (Å²) in [5, 5.41) is 12.5. The van der Waals surface area contributed by atoms with Gasteiger partial charge >= 0.3 is 6.18 Å². The number of alkyl halides is 3. The highest BCUT2D eigenvalue weighted by atomic mass is 35.5. The number of benzene rings is 2. The van der Waals surface area contributed by atoms with Gasteiger partial charge in [-0.15, -0.1) is 11.3 Å². The molecule has 1 aliphatic heterocycles. The Morgan fingerprint density at radius 2 is 1.74 bits per heavy atom. The molecule has 1 N–H and O–H groups in total.